The van der Waals surface area contributed by atoms with Crippen LogP contribution in [0.1, 0.15) is 44.5 Å². The summed E-state index contributed by atoms with van der Waals surface area (Å²) in [6, 6.07) is 7.67. The summed E-state index contributed by atoms with van der Waals surface area (Å²) in [6.07, 6.45) is 0.453. The first-order valence-corrected chi connectivity index (χ1v) is 13.3. The highest BCUT2D eigenvalue weighted by Gasteiger charge is 2.36. The van der Waals surface area contributed by atoms with E-state index in [4.69, 9.17) is 10.5 Å². The third-order valence-electron chi connectivity index (χ3n) is 7.37. The molecule has 0 heterocycles. The number of methoxy groups -OCH3 is 1. The molecule has 2 aromatic rings. The number of anilines is 3. The molecule has 0 bridgehead atoms. The fraction of sp³-hybridized carbons (Fsp3) is 0.448. The highest BCUT2D eigenvalue weighted by Crippen LogP contribution is 2.44. The fourth-order valence-electron chi connectivity index (χ4n) is 5.44. The quantitative estimate of drug-likeness (QED) is 0.147. The van der Waals surface area contributed by atoms with Crippen LogP contribution in [0.15, 0.2) is 30.3 Å². The monoisotopic (exact) mass is 592 g/mol. The number of benzene rings is 2. The summed E-state index contributed by atoms with van der Waals surface area (Å²) < 4.78 is 5.11. The zero-order chi connectivity index (χ0) is 30.3. The zero-order valence-corrected chi connectivity index (χ0v) is 24.0. The molecule has 3 atom stereocenters. The molecule has 0 fully saturated rings. The molecule has 0 saturated carbocycles. The van der Waals surface area contributed by atoms with Crippen LogP contribution in [-0.4, -0.2) is 78.7 Å². The lowest BCUT2D eigenvalue weighted by Crippen LogP contribution is -2.34. The molecule has 2 aromatic carbocycles. The Morgan fingerprint density at radius 3 is 2.36 bits per heavy atom. The lowest BCUT2D eigenvalue weighted by Gasteiger charge is -2.33. The molecule has 1 aliphatic carbocycles. The maximum atomic E-state index is 13.4. The number of amides is 3. The van der Waals surface area contributed by atoms with Crippen LogP contribution in [0.3, 0.4) is 0 Å². The van der Waals surface area contributed by atoms with E-state index in [1.165, 1.54) is 7.11 Å². The van der Waals surface area contributed by atoms with Gasteiger partial charge in [-0.05, 0) is 67.0 Å². The van der Waals surface area contributed by atoms with Crippen LogP contribution in [0.2, 0.25) is 0 Å². The minimum absolute atomic E-state index is 0. The van der Waals surface area contributed by atoms with E-state index in [0.29, 0.717) is 35.5 Å². The molecular formula is C29H44N4O9. The highest BCUT2D eigenvalue weighted by molar-refractivity contribution is 6.08. The van der Waals surface area contributed by atoms with E-state index in [1.54, 1.807) is 49.3 Å². The summed E-state index contributed by atoms with van der Waals surface area (Å²) in [7, 11) is 5.09. The second-order valence-corrected chi connectivity index (χ2v) is 10.5. The molecule has 3 amide bonds. The van der Waals surface area contributed by atoms with Crippen LogP contribution in [-0.2, 0) is 16.0 Å². The van der Waals surface area contributed by atoms with Crippen LogP contribution in [0.5, 0.6) is 11.5 Å². The van der Waals surface area contributed by atoms with Crippen molar-refractivity contribution in [1.82, 2.24) is 0 Å². The first-order chi connectivity index (χ1) is 19.5. The van der Waals surface area contributed by atoms with Crippen molar-refractivity contribution in [3.63, 3.8) is 0 Å². The Labute approximate surface area is 246 Å². The standard InChI is InChI=1S/C29H38N4O8.H2O.2H2/c1-33(2)23-13-22(32-29(40)31-18-4-6-19(41-3)7-5-18)28(39)27-20(23)11-16(12-25(27)37)10-17(8-9-34)21(15-35)24(36)14-26(30)38;;;/h4-7,13,16-17,21,34-35,39H,8-12,14-15H2,1-3H3,(H2,30,38)(H2,31,32,40);1H2;2*1H. The Hall–Kier alpha value is -4.20. The van der Waals surface area contributed by atoms with Gasteiger partial charge in [0.05, 0.1) is 31.4 Å². The number of aromatic hydroxyl groups is 1. The molecule has 0 spiro atoms. The first kappa shape index (κ1) is 34.0. The molecule has 0 aromatic heterocycles. The first-order valence-electron chi connectivity index (χ1n) is 13.3. The smallest absolute Gasteiger partial charge is 0.323 e. The largest absolute Gasteiger partial charge is 0.505 e. The Bertz CT molecular complexity index is 1290. The Kier molecular flexibility index (Phi) is 12.3. The van der Waals surface area contributed by atoms with Crippen LogP contribution in [0.4, 0.5) is 21.9 Å². The van der Waals surface area contributed by atoms with Crippen molar-refractivity contribution in [1.29, 1.82) is 0 Å². The van der Waals surface area contributed by atoms with E-state index >= 15 is 0 Å². The summed E-state index contributed by atoms with van der Waals surface area (Å²) in [5, 5.41) is 35.9. The molecule has 9 N–H and O–H groups in total. The van der Waals surface area contributed by atoms with Crippen molar-refractivity contribution in [2.24, 2.45) is 23.5 Å². The predicted molar refractivity (Wildman–Crippen MR) is 161 cm³/mol. The van der Waals surface area contributed by atoms with Crippen molar-refractivity contribution in [2.75, 3.05) is 50.0 Å². The number of ether oxygens (including phenoxy) is 1. The maximum absolute atomic E-state index is 13.4. The third-order valence-corrected chi connectivity index (χ3v) is 7.37. The number of phenolic OH excluding ortho intramolecular Hbond substituents is 1. The average molecular weight is 593 g/mol. The van der Waals surface area contributed by atoms with Gasteiger partial charge in [-0.25, -0.2) is 4.79 Å². The normalized spacial score (nSPS) is 15.5. The van der Waals surface area contributed by atoms with Crippen LogP contribution < -0.4 is 26.0 Å². The van der Waals surface area contributed by atoms with Gasteiger partial charge in [0, 0.05) is 47.3 Å². The number of nitrogens with zero attached hydrogens (tertiary/aromatic N) is 1. The van der Waals surface area contributed by atoms with E-state index in [-0.39, 0.29) is 56.5 Å². The number of hydrogen-bond acceptors (Lipinski definition) is 9. The van der Waals surface area contributed by atoms with Crippen molar-refractivity contribution >= 4 is 40.6 Å². The van der Waals surface area contributed by atoms with Gasteiger partial charge in [0.25, 0.3) is 0 Å². The fourth-order valence-corrected chi connectivity index (χ4v) is 5.44. The number of primary amides is 1. The van der Waals surface area contributed by atoms with Crippen molar-refractivity contribution < 1.29 is 47.6 Å². The average Bonchev–Trinajstić information content (AvgIpc) is 2.90. The van der Waals surface area contributed by atoms with E-state index in [9.17, 15) is 34.5 Å². The van der Waals surface area contributed by atoms with Crippen LogP contribution in [0.25, 0.3) is 0 Å². The van der Waals surface area contributed by atoms with E-state index in [0.717, 1.165) is 0 Å². The molecule has 3 rings (SSSR count). The van der Waals surface area contributed by atoms with Gasteiger partial charge in [0.15, 0.2) is 5.78 Å². The number of nitrogens with one attached hydrogen (secondary N) is 2. The minimum Gasteiger partial charge on any atom is -0.505 e. The van der Waals surface area contributed by atoms with Gasteiger partial charge in [0.1, 0.15) is 17.3 Å². The summed E-state index contributed by atoms with van der Waals surface area (Å²) in [5.41, 5.74) is 7.08. The van der Waals surface area contributed by atoms with Gasteiger partial charge in [-0.1, -0.05) is 0 Å². The van der Waals surface area contributed by atoms with E-state index in [2.05, 4.69) is 10.6 Å². The van der Waals surface area contributed by atoms with Crippen molar-refractivity contribution in [3.8, 4) is 11.5 Å². The van der Waals surface area contributed by atoms with Gasteiger partial charge < -0.3 is 46.8 Å². The molecule has 0 radical (unpaired) electrons. The number of aliphatic hydroxyl groups excluding tert-OH is 2. The second-order valence-electron chi connectivity index (χ2n) is 10.5. The number of ketones is 2. The number of aliphatic hydroxyl groups is 2. The number of carbonyl (C=O) groups is 4. The Balaban J connectivity index is 0.00000616. The number of hydrogen-bond donors (Lipinski definition) is 6. The minimum atomic E-state index is -0.899. The van der Waals surface area contributed by atoms with Crippen LogP contribution >= 0.6 is 0 Å². The molecule has 42 heavy (non-hydrogen) atoms. The number of fused-ring (bicyclic) bond motifs is 1. The van der Waals surface area contributed by atoms with E-state index in [1.807, 2.05) is 0 Å². The number of urea groups is 1. The van der Waals surface area contributed by atoms with Gasteiger partial charge in [-0.2, -0.15) is 0 Å². The number of Topliss-reactive ketones (excluding diaryl/α,β-unsaturated/α-hetero) is 2. The molecule has 3 unspecified atom stereocenters. The predicted octanol–water partition coefficient (Wildman–Crippen LogP) is 1.96. The summed E-state index contributed by atoms with van der Waals surface area (Å²) >= 11 is 0. The van der Waals surface area contributed by atoms with Crippen LogP contribution in [0, 0.1) is 17.8 Å². The maximum Gasteiger partial charge on any atom is 0.323 e. The topological polar surface area (TPSA) is 223 Å². The summed E-state index contributed by atoms with van der Waals surface area (Å²) in [6.45, 7) is -0.745. The Morgan fingerprint density at radius 2 is 1.81 bits per heavy atom. The van der Waals surface area contributed by atoms with Gasteiger partial charge in [0.2, 0.25) is 5.91 Å². The Morgan fingerprint density at radius 1 is 1.14 bits per heavy atom. The number of nitrogens with two attached hydrogens (primary N) is 1. The second kappa shape index (κ2) is 15.1. The summed E-state index contributed by atoms with van der Waals surface area (Å²) in [4.78, 5) is 51.7. The van der Waals surface area contributed by atoms with Crippen molar-refractivity contribution in [3.05, 3.63) is 41.5 Å². The molecule has 13 nitrogen and oxygen atoms in total. The molecule has 1 aliphatic rings. The van der Waals surface area contributed by atoms with Gasteiger partial charge >= 0.3 is 6.03 Å². The zero-order valence-electron chi connectivity index (χ0n) is 24.0. The third kappa shape index (κ3) is 8.18. The number of carbonyl (C=O) groups excluding carboxylic acids is 4. The van der Waals surface area contributed by atoms with E-state index < -0.39 is 42.6 Å². The molecule has 234 valence electrons. The lowest BCUT2D eigenvalue weighted by molar-refractivity contribution is -0.131. The SMILES string of the molecule is COc1ccc(NC(=O)Nc2cc(N(C)C)c3c(c2O)C(=O)CC(CC(CCO)C(CO)C(=O)CC(N)=O)C3)cc1.O.[HH].[HH]. The van der Waals surface area contributed by atoms with Gasteiger partial charge in [-0.3, -0.25) is 14.4 Å². The van der Waals surface area contributed by atoms with Crippen molar-refractivity contribution in [2.45, 2.75) is 32.1 Å². The highest BCUT2D eigenvalue weighted by atomic mass is 16.5. The number of rotatable bonds is 13. The summed E-state index contributed by atoms with van der Waals surface area (Å²) in [5.74, 6) is -2.97. The molecular weight excluding hydrogens is 548 g/mol. The molecule has 0 saturated heterocycles. The van der Waals surface area contributed by atoms with Gasteiger partial charge in [-0.15, -0.1) is 0 Å². The number of phenols is 1. The molecule has 0 aliphatic heterocycles. The molecule has 13 heteroatoms. The lowest BCUT2D eigenvalue weighted by atomic mass is 9.73.